The molecule has 0 aliphatic heterocycles. The van der Waals surface area contributed by atoms with Crippen LogP contribution in [-0.4, -0.2) is 56.5 Å². The van der Waals surface area contributed by atoms with Gasteiger partial charge in [0.2, 0.25) is 5.95 Å². The minimum absolute atomic E-state index is 0.0169. The minimum atomic E-state index is -4.82. The van der Waals surface area contributed by atoms with Crippen LogP contribution in [0.25, 0.3) is 11.3 Å². The van der Waals surface area contributed by atoms with E-state index in [1.165, 1.54) is 26.3 Å². The lowest BCUT2D eigenvalue weighted by Crippen LogP contribution is -2.21. The fourth-order valence-corrected chi connectivity index (χ4v) is 4.34. The van der Waals surface area contributed by atoms with Crippen LogP contribution in [0.3, 0.4) is 0 Å². The number of aliphatic hydroxyl groups excluding tert-OH is 1. The molecular formula is C27H28F3N8O4P. The van der Waals surface area contributed by atoms with Crippen molar-refractivity contribution < 1.29 is 32.4 Å². The molecule has 0 saturated heterocycles. The van der Waals surface area contributed by atoms with E-state index >= 15 is 0 Å². The first-order valence-electron chi connectivity index (χ1n) is 12.9. The predicted octanol–water partition coefficient (Wildman–Crippen LogP) is 5.03. The molecule has 0 aliphatic carbocycles. The number of carbonyl (C=O) groups is 1. The van der Waals surface area contributed by atoms with Gasteiger partial charge in [0.05, 0.1) is 36.5 Å². The van der Waals surface area contributed by atoms with Crippen molar-refractivity contribution in [2.24, 2.45) is 5.92 Å². The van der Waals surface area contributed by atoms with Gasteiger partial charge in [-0.05, 0) is 35.7 Å². The number of hydrogen-bond donors (Lipinski definition) is 4. The maximum Gasteiger partial charge on any atom is 0.421 e. The summed E-state index contributed by atoms with van der Waals surface area (Å²) in [6.07, 6.45) is -0.706. The van der Waals surface area contributed by atoms with Crippen LogP contribution in [0.5, 0.6) is 5.75 Å². The number of hydrogen-bond acceptors (Lipinski definition) is 10. The number of pyridine rings is 1. The van der Waals surface area contributed by atoms with E-state index in [2.05, 4.69) is 36.0 Å². The highest BCUT2D eigenvalue weighted by molar-refractivity contribution is 7.22. The first-order chi connectivity index (χ1) is 20.6. The summed E-state index contributed by atoms with van der Waals surface area (Å²) in [6.45, 7) is 2.30. The number of nitrogens with one attached hydrogen (secondary N) is 3. The number of halogens is 3. The molecule has 1 aromatic carbocycles. The summed E-state index contributed by atoms with van der Waals surface area (Å²) in [7, 11) is 2.71. The fourth-order valence-electron chi connectivity index (χ4n) is 3.99. The number of aromatic nitrogens is 5. The van der Waals surface area contributed by atoms with Crippen molar-refractivity contribution in [2.75, 3.05) is 31.4 Å². The second kappa shape index (κ2) is 13.6. The van der Waals surface area contributed by atoms with Gasteiger partial charge in [0.15, 0.2) is 14.2 Å². The third-order valence-electron chi connectivity index (χ3n) is 6.18. The van der Waals surface area contributed by atoms with Crippen LogP contribution in [0.2, 0.25) is 0 Å². The van der Waals surface area contributed by atoms with Gasteiger partial charge >= 0.3 is 6.18 Å². The number of anilines is 4. The van der Waals surface area contributed by atoms with Gasteiger partial charge in [0.25, 0.3) is 5.91 Å². The number of carbonyl (C=O) groups excluding carboxylic acids is 1. The van der Waals surface area contributed by atoms with E-state index in [1.54, 1.807) is 35.3 Å². The lowest BCUT2D eigenvalue weighted by molar-refractivity contribution is -0.137. The van der Waals surface area contributed by atoms with Crippen molar-refractivity contribution in [1.29, 1.82) is 0 Å². The Hall–Kier alpha value is -4.62. The molecule has 0 fully saturated rings. The predicted molar refractivity (Wildman–Crippen MR) is 153 cm³/mol. The van der Waals surface area contributed by atoms with Crippen molar-refractivity contribution in [3.63, 3.8) is 0 Å². The van der Waals surface area contributed by atoms with Crippen molar-refractivity contribution in [2.45, 2.75) is 25.8 Å². The van der Waals surface area contributed by atoms with Crippen LogP contribution in [-0.2, 0) is 23.4 Å². The number of methoxy groups -OCH3 is 1. The molecule has 1 atom stereocenters. The SMILES string of the molecule is CNC(=O)c1nc(-c2cnn(C[C@H](C)CO)c2)ccc1Nc1nc(Nc2ccc(CP=O)cc2OC)ncc1C(F)(F)F. The van der Waals surface area contributed by atoms with Crippen LogP contribution >= 0.6 is 8.46 Å². The third kappa shape index (κ3) is 7.62. The molecule has 0 bridgehead atoms. The quantitative estimate of drug-likeness (QED) is 0.159. The molecule has 3 heterocycles. The molecule has 4 N–H and O–H groups in total. The Kier molecular flexibility index (Phi) is 9.88. The van der Waals surface area contributed by atoms with Crippen LogP contribution in [0.1, 0.15) is 28.5 Å². The van der Waals surface area contributed by atoms with Gasteiger partial charge in [-0.3, -0.25) is 14.0 Å². The van der Waals surface area contributed by atoms with E-state index in [0.717, 1.165) is 5.56 Å². The molecular weight excluding hydrogens is 588 g/mol. The molecule has 12 nitrogen and oxygen atoms in total. The molecule has 0 radical (unpaired) electrons. The molecule has 4 aromatic rings. The van der Waals surface area contributed by atoms with Gasteiger partial charge in [0, 0.05) is 38.2 Å². The van der Waals surface area contributed by atoms with E-state index in [-0.39, 0.29) is 44.5 Å². The summed E-state index contributed by atoms with van der Waals surface area (Å²) in [6, 6.07) is 7.88. The summed E-state index contributed by atoms with van der Waals surface area (Å²) < 4.78 is 59.8. The number of ether oxygens (including phenoxy) is 1. The highest BCUT2D eigenvalue weighted by Gasteiger charge is 2.36. The molecule has 3 aromatic heterocycles. The Balaban J connectivity index is 1.70. The highest BCUT2D eigenvalue weighted by atomic mass is 31.1. The van der Waals surface area contributed by atoms with Gasteiger partial charge in [-0.15, -0.1) is 0 Å². The maximum absolute atomic E-state index is 14.0. The zero-order chi connectivity index (χ0) is 31.1. The molecule has 0 saturated carbocycles. The Morgan fingerprint density at radius 3 is 2.58 bits per heavy atom. The first kappa shape index (κ1) is 31.3. The summed E-state index contributed by atoms with van der Waals surface area (Å²) >= 11 is 0. The number of rotatable bonds is 12. The van der Waals surface area contributed by atoms with E-state index in [9.17, 15) is 27.6 Å². The largest absolute Gasteiger partial charge is 0.495 e. The van der Waals surface area contributed by atoms with E-state index in [0.29, 0.717) is 35.4 Å². The fraction of sp³-hybridized carbons (Fsp3) is 0.296. The number of aliphatic hydroxyl groups is 1. The zero-order valence-corrected chi connectivity index (χ0v) is 24.2. The molecule has 1 amide bonds. The standard InChI is InChI=1S/C27H28F3N8O4P/c1-15(13-39)11-38-12-17(9-33-38)19-6-7-21(23(34-19)25(40)31-2)35-24-18(27(28,29)30)10-32-26(37-24)36-20-5-4-16(14-43-41)8-22(20)42-3/h4-10,12,15,39H,11,13-14H2,1-3H3,(H,31,40)(H2,32,35,36,37)/t15-/m0/s1. The summed E-state index contributed by atoms with van der Waals surface area (Å²) in [4.78, 5) is 25.0. The average Bonchev–Trinajstić information content (AvgIpc) is 3.45. The summed E-state index contributed by atoms with van der Waals surface area (Å²) in [5, 5.41) is 21.5. The second-order valence-electron chi connectivity index (χ2n) is 9.44. The van der Waals surface area contributed by atoms with Gasteiger partial charge < -0.3 is 25.8 Å². The normalized spacial score (nSPS) is 12.2. The average molecular weight is 617 g/mol. The van der Waals surface area contributed by atoms with Gasteiger partial charge in [-0.1, -0.05) is 13.0 Å². The van der Waals surface area contributed by atoms with Gasteiger partial charge in [0.1, 0.15) is 17.1 Å². The Morgan fingerprint density at radius 2 is 1.91 bits per heavy atom. The minimum Gasteiger partial charge on any atom is -0.495 e. The summed E-state index contributed by atoms with van der Waals surface area (Å²) in [5.74, 6) is -1.13. The lowest BCUT2D eigenvalue weighted by atomic mass is 10.1. The van der Waals surface area contributed by atoms with E-state index in [1.807, 2.05) is 6.92 Å². The number of amides is 1. The van der Waals surface area contributed by atoms with Crippen molar-refractivity contribution >= 4 is 37.5 Å². The summed E-state index contributed by atoms with van der Waals surface area (Å²) in [5.41, 5.74) is 0.651. The Labute approximate surface area is 245 Å². The maximum atomic E-state index is 14.0. The second-order valence-corrected chi connectivity index (χ2v) is 10.0. The smallest absolute Gasteiger partial charge is 0.421 e. The molecule has 0 aliphatic rings. The molecule has 226 valence electrons. The van der Waals surface area contributed by atoms with Crippen LogP contribution < -0.4 is 20.7 Å². The monoisotopic (exact) mass is 616 g/mol. The van der Waals surface area contributed by atoms with Gasteiger partial charge in [-0.2, -0.15) is 23.3 Å². The lowest BCUT2D eigenvalue weighted by Gasteiger charge is -2.17. The molecule has 43 heavy (non-hydrogen) atoms. The Bertz CT molecular complexity index is 1620. The third-order valence-corrected chi connectivity index (χ3v) is 6.68. The molecule has 0 unspecified atom stereocenters. The van der Waals surface area contributed by atoms with Crippen LogP contribution in [0.4, 0.5) is 36.3 Å². The topological polar surface area (TPSA) is 156 Å². The molecule has 16 heteroatoms. The van der Waals surface area contributed by atoms with Crippen molar-refractivity contribution in [1.82, 2.24) is 30.0 Å². The Morgan fingerprint density at radius 1 is 1.14 bits per heavy atom. The highest BCUT2D eigenvalue weighted by Crippen LogP contribution is 2.37. The van der Waals surface area contributed by atoms with Crippen LogP contribution in [0.15, 0.2) is 48.9 Å². The molecule has 0 spiro atoms. The van der Waals surface area contributed by atoms with Crippen LogP contribution in [0, 0.1) is 5.92 Å². The zero-order valence-electron chi connectivity index (χ0n) is 23.3. The van der Waals surface area contributed by atoms with E-state index in [4.69, 9.17) is 4.74 Å². The number of nitrogens with zero attached hydrogens (tertiary/aromatic N) is 5. The number of benzene rings is 1. The first-order valence-corrected chi connectivity index (χ1v) is 13.9. The van der Waals surface area contributed by atoms with Gasteiger partial charge in [-0.25, -0.2) is 9.97 Å². The molecule has 4 rings (SSSR count). The van der Waals surface area contributed by atoms with Crippen molar-refractivity contribution in [3.8, 4) is 17.0 Å². The van der Waals surface area contributed by atoms with E-state index < -0.39 is 23.5 Å². The van der Waals surface area contributed by atoms with Crippen molar-refractivity contribution in [3.05, 3.63) is 65.7 Å². The number of alkyl halides is 3.